The zero-order valence-electron chi connectivity index (χ0n) is 10.4. The third-order valence-corrected chi connectivity index (χ3v) is 2.68. The molecule has 0 N–H and O–H groups in total. The molecule has 1 aromatic carbocycles. The van der Waals surface area contributed by atoms with E-state index in [2.05, 4.69) is 5.10 Å². The number of rotatable bonds is 5. The van der Waals surface area contributed by atoms with E-state index in [0.29, 0.717) is 6.42 Å². The van der Waals surface area contributed by atoms with Gasteiger partial charge in [0, 0.05) is 19.7 Å². The number of nitrogens with zero attached hydrogens (tertiary/aromatic N) is 2. The van der Waals surface area contributed by atoms with Crippen molar-refractivity contribution in [1.82, 2.24) is 9.78 Å². The minimum atomic E-state index is -5.05. The molecule has 0 radical (unpaired) electrons. The summed E-state index contributed by atoms with van der Waals surface area (Å²) >= 11 is 0. The van der Waals surface area contributed by atoms with Crippen LogP contribution in [0.3, 0.4) is 0 Å². The number of hydrogen-bond donors (Lipinski definition) is 0. The lowest BCUT2D eigenvalue weighted by atomic mass is 9.79. The molecule has 3 nitrogen and oxygen atoms in total. The minimum Gasteiger partial charge on any atom is -0.496 e. The van der Waals surface area contributed by atoms with E-state index < -0.39 is 12.4 Å². The Balaban J connectivity index is 2.00. The van der Waals surface area contributed by atoms with Crippen molar-refractivity contribution >= 4 is 12.4 Å². The Bertz CT molecular complexity index is 554. The second-order valence-corrected chi connectivity index (χ2v) is 4.23. The Morgan fingerprint density at radius 1 is 1.26 bits per heavy atom. The van der Waals surface area contributed by atoms with Crippen molar-refractivity contribution in [2.45, 2.75) is 6.42 Å². The standard InChI is InChI=1S/C12H13BF3N2O/c1-18-9-10(8-17-18)6-7-19-12-5-3-2-4-11(12)13(14,15)16/h2-5,8-9H,6-7H2,1H3/q-1. The summed E-state index contributed by atoms with van der Waals surface area (Å²) < 4.78 is 45.2. The number of para-hydroxylation sites is 1. The largest absolute Gasteiger partial charge is 0.513 e. The van der Waals surface area contributed by atoms with Crippen LogP contribution in [0.15, 0.2) is 36.7 Å². The smallest absolute Gasteiger partial charge is 0.496 e. The summed E-state index contributed by atoms with van der Waals surface area (Å²) in [6.45, 7) is -4.86. The van der Waals surface area contributed by atoms with E-state index in [0.717, 1.165) is 11.6 Å². The molecule has 0 bridgehead atoms. The number of hydrogen-bond acceptors (Lipinski definition) is 2. The first-order valence-electron chi connectivity index (χ1n) is 5.86. The van der Waals surface area contributed by atoms with E-state index >= 15 is 0 Å². The van der Waals surface area contributed by atoms with E-state index in [4.69, 9.17) is 4.74 Å². The van der Waals surface area contributed by atoms with Gasteiger partial charge in [-0.3, -0.25) is 4.68 Å². The van der Waals surface area contributed by atoms with Crippen molar-refractivity contribution in [3.8, 4) is 5.75 Å². The minimum absolute atomic E-state index is 0.112. The van der Waals surface area contributed by atoms with E-state index in [9.17, 15) is 12.9 Å². The van der Waals surface area contributed by atoms with Gasteiger partial charge >= 0.3 is 6.98 Å². The molecule has 0 fully saturated rings. The van der Waals surface area contributed by atoms with Gasteiger partial charge in [0.2, 0.25) is 0 Å². The van der Waals surface area contributed by atoms with Crippen molar-refractivity contribution in [2.24, 2.45) is 7.05 Å². The third-order valence-electron chi connectivity index (χ3n) is 2.68. The lowest BCUT2D eigenvalue weighted by molar-refractivity contribution is 0.322. The van der Waals surface area contributed by atoms with Crippen LogP contribution >= 0.6 is 0 Å². The van der Waals surface area contributed by atoms with Gasteiger partial charge in [-0.2, -0.15) is 5.10 Å². The normalized spacial score (nSPS) is 11.6. The first-order valence-corrected chi connectivity index (χ1v) is 5.86. The van der Waals surface area contributed by atoms with E-state index in [1.54, 1.807) is 17.9 Å². The Morgan fingerprint density at radius 2 is 2.00 bits per heavy atom. The number of benzene rings is 1. The molecule has 0 amide bonds. The van der Waals surface area contributed by atoms with Gasteiger partial charge < -0.3 is 17.7 Å². The van der Waals surface area contributed by atoms with Crippen LogP contribution in [-0.2, 0) is 13.5 Å². The molecule has 2 rings (SSSR count). The van der Waals surface area contributed by atoms with Gasteiger partial charge in [0.15, 0.2) is 0 Å². The molecule has 0 spiro atoms. The average molecular weight is 269 g/mol. The Hall–Kier alpha value is -1.92. The molecule has 0 saturated heterocycles. The molecule has 0 saturated carbocycles. The first kappa shape index (κ1) is 13.5. The van der Waals surface area contributed by atoms with E-state index in [1.165, 1.54) is 18.2 Å². The van der Waals surface area contributed by atoms with Crippen molar-refractivity contribution in [3.05, 3.63) is 42.2 Å². The quantitative estimate of drug-likeness (QED) is 0.777. The fraction of sp³-hybridized carbons (Fsp3) is 0.250. The van der Waals surface area contributed by atoms with Crippen molar-refractivity contribution in [3.63, 3.8) is 0 Å². The Labute approximate surface area is 109 Å². The Morgan fingerprint density at radius 3 is 2.63 bits per heavy atom. The molecule has 0 aliphatic heterocycles. The molecule has 0 aliphatic rings. The number of halogens is 3. The predicted octanol–water partition coefficient (Wildman–Crippen LogP) is 2.10. The van der Waals surface area contributed by atoms with E-state index in [1.807, 2.05) is 6.20 Å². The zero-order valence-corrected chi connectivity index (χ0v) is 10.4. The monoisotopic (exact) mass is 269 g/mol. The fourth-order valence-corrected chi connectivity index (χ4v) is 1.76. The van der Waals surface area contributed by atoms with Gasteiger partial charge in [-0.25, -0.2) is 0 Å². The molecule has 19 heavy (non-hydrogen) atoms. The lowest BCUT2D eigenvalue weighted by Gasteiger charge is -2.19. The number of ether oxygens (including phenoxy) is 1. The molecular weight excluding hydrogens is 256 g/mol. The first-order chi connectivity index (χ1) is 8.97. The molecule has 0 unspecified atom stereocenters. The van der Waals surface area contributed by atoms with Gasteiger partial charge in [-0.05, 0) is 11.6 Å². The summed E-state index contributed by atoms with van der Waals surface area (Å²) in [5.74, 6) is -0.112. The van der Waals surface area contributed by atoms with Crippen LogP contribution in [0.2, 0.25) is 0 Å². The highest BCUT2D eigenvalue weighted by molar-refractivity contribution is 6.74. The molecule has 0 atom stereocenters. The van der Waals surface area contributed by atoms with Gasteiger partial charge in [-0.1, -0.05) is 23.7 Å². The second kappa shape index (κ2) is 5.38. The SMILES string of the molecule is Cn1cc(CCOc2ccccc2[B-](F)(F)F)cn1. The molecule has 1 aromatic heterocycles. The van der Waals surface area contributed by atoms with Crippen LogP contribution in [-0.4, -0.2) is 23.4 Å². The highest BCUT2D eigenvalue weighted by atomic mass is 19.4. The topological polar surface area (TPSA) is 27.1 Å². The predicted molar refractivity (Wildman–Crippen MR) is 67.6 cm³/mol. The van der Waals surface area contributed by atoms with Gasteiger partial charge in [0.25, 0.3) is 0 Å². The van der Waals surface area contributed by atoms with Gasteiger partial charge in [-0.15, -0.1) is 0 Å². The van der Waals surface area contributed by atoms with Gasteiger partial charge in [0.1, 0.15) is 0 Å². The average Bonchev–Trinajstić information content (AvgIpc) is 2.74. The molecule has 2 aromatic rings. The van der Waals surface area contributed by atoms with Crippen LogP contribution in [0.4, 0.5) is 12.9 Å². The summed E-state index contributed by atoms with van der Waals surface area (Å²) in [5.41, 5.74) is 0.242. The summed E-state index contributed by atoms with van der Waals surface area (Å²) in [6, 6.07) is 5.27. The molecule has 0 aliphatic carbocycles. The molecule has 7 heteroatoms. The third kappa shape index (κ3) is 3.53. The van der Waals surface area contributed by atoms with Gasteiger partial charge in [0.05, 0.1) is 18.6 Å². The molecular formula is C12H13BF3N2O-. The second-order valence-electron chi connectivity index (χ2n) is 4.23. The summed E-state index contributed by atoms with van der Waals surface area (Å²) in [4.78, 5) is 0. The summed E-state index contributed by atoms with van der Waals surface area (Å²) in [6.07, 6.45) is 4.00. The van der Waals surface area contributed by atoms with E-state index in [-0.39, 0.29) is 12.4 Å². The maximum atomic E-state index is 12.8. The van der Waals surface area contributed by atoms with Crippen LogP contribution in [0.5, 0.6) is 5.75 Å². The number of aryl methyl sites for hydroxylation is 1. The lowest BCUT2D eigenvalue weighted by Crippen LogP contribution is -2.35. The van der Waals surface area contributed by atoms with Crippen LogP contribution in [0.25, 0.3) is 0 Å². The summed E-state index contributed by atoms with van der Waals surface area (Å²) in [5, 5.41) is 3.98. The maximum Gasteiger partial charge on any atom is 0.513 e. The molecule has 1 heterocycles. The van der Waals surface area contributed by atoms with Crippen LogP contribution in [0, 0.1) is 0 Å². The Kier molecular flexibility index (Phi) is 3.83. The molecule has 102 valence electrons. The maximum absolute atomic E-state index is 12.8. The fourth-order valence-electron chi connectivity index (χ4n) is 1.76. The van der Waals surface area contributed by atoms with Crippen molar-refractivity contribution < 1.29 is 17.7 Å². The highest BCUT2D eigenvalue weighted by Gasteiger charge is 2.28. The van der Waals surface area contributed by atoms with Crippen LogP contribution < -0.4 is 10.2 Å². The van der Waals surface area contributed by atoms with Crippen molar-refractivity contribution in [1.29, 1.82) is 0 Å². The highest BCUT2D eigenvalue weighted by Crippen LogP contribution is 2.17. The zero-order chi connectivity index (χ0) is 13.9. The summed E-state index contributed by atoms with van der Waals surface area (Å²) in [7, 11) is 1.78. The van der Waals surface area contributed by atoms with Crippen molar-refractivity contribution in [2.75, 3.05) is 6.61 Å². The van der Waals surface area contributed by atoms with Crippen LogP contribution in [0.1, 0.15) is 5.56 Å². The number of aromatic nitrogens is 2.